The Balaban J connectivity index is 2.02. The van der Waals surface area contributed by atoms with Crippen molar-refractivity contribution in [2.45, 2.75) is 19.5 Å². The quantitative estimate of drug-likeness (QED) is 0.873. The third-order valence-corrected chi connectivity index (χ3v) is 3.73. The highest BCUT2D eigenvalue weighted by Crippen LogP contribution is 2.13. The first kappa shape index (κ1) is 14.0. The number of hydrogen-bond donors (Lipinski definition) is 1. The summed E-state index contributed by atoms with van der Waals surface area (Å²) in [6.45, 7) is 5.01. The molecule has 0 spiro atoms. The maximum absolute atomic E-state index is 12.1. The van der Waals surface area contributed by atoms with Crippen LogP contribution in [0, 0.1) is 6.92 Å². The van der Waals surface area contributed by atoms with Crippen LogP contribution in [0.5, 0.6) is 0 Å². The van der Waals surface area contributed by atoms with Crippen LogP contribution in [0.2, 0.25) is 0 Å². The van der Waals surface area contributed by atoms with E-state index in [-0.39, 0.29) is 5.91 Å². The lowest BCUT2D eigenvalue weighted by Crippen LogP contribution is -2.56. The lowest BCUT2D eigenvalue weighted by molar-refractivity contribution is -0.138. The van der Waals surface area contributed by atoms with Gasteiger partial charge in [0.15, 0.2) is 0 Å². The summed E-state index contributed by atoms with van der Waals surface area (Å²) in [6, 6.07) is 8.80. The molecule has 2 rings (SSSR count). The van der Waals surface area contributed by atoms with Crippen molar-refractivity contribution in [1.82, 2.24) is 15.1 Å². The number of nitrogens with zero attached hydrogens (tertiary/aromatic N) is 2. The molecule has 0 bridgehead atoms. The Hall–Kier alpha value is -1.39. The van der Waals surface area contributed by atoms with Crippen molar-refractivity contribution in [3.05, 3.63) is 35.4 Å². The van der Waals surface area contributed by atoms with Crippen molar-refractivity contribution in [3.63, 3.8) is 0 Å². The third-order valence-electron chi connectivity index (χ3n) is 3.73. The van der Waals surface area contributed by atoms with E-state index in [0.717, 1.165) is 13.1 Å². The standard InChI is InChI=1S/C15H23N3O/c1-12-4-6-13(7-5-12)9-18-10-14(8-16-2)17(3)11-15(18)19/h4-7,14,16H,8-11H2,1-3H3. The van der Waals surface area contributed by atoms with Crippen LogP contribution < -0.4 is 5.32 Å². The summed E-state index contributed by atoms with van der Waals surface area (Å²) in [5.74, 6) is 0.218. The average Bonchev–Trinajstić information content (AvgIpc) is 2.38. The lowest BCUT2D eigenvalue weighted by atomic mass is 10.1. The van der Waals surface area contributed by atoms with Crippen LogP contribution in [0.25, 0.3) is 0 Å². The molecule has 104 valence electrons. The van der Waals surface area contributed by atoms with Gasteiger partial charge in [-0.15, -0.1) is 0 Å². The number of aryl methyl sites for hydroxylation is 1. The summed E-state index contributed by atoms with van der Waals surface area (Å²) in [7, 11) is 3.97. The summed E-state index contributed by atoms with van der Waals surface area (Å²) in [5, 5.41) is 3.19. The monoisotopic (exact) mass is 261 g/mol. The molecule has 1 heterocycles. The van der Waals surface area contributed by atoms with E-state index in [1.165, 1.54) is 11.1 Å². The van der Waals surface area contributed by atoms with E-state index in [2.05, 4.69) is 41.4 Å². The first-order valence-corrected chi connectivity index (χ1v) is 6.78. The van der Waals surface area contributed by atoms with Crippen molar-refractivity contribution in [1.29, 1.82) is 0 Å². The van der Waals surface area contributed by atoms with E-state index in [1.807, 2.05) is 19.0 Å². The van der Waals surface area contributed by atoms with Crippen LogP contribution in [0.4, 0.5) is 0 Å². The Morgan fingerprint density at radius 1 is 1.32 bits per heavy atom. The van der Waals surface area contributed by atoms with Crippen molar-refractivity contribution in [3.8, 4) is 0 Å². The largest absolute Gasteiger partial charge is 0.336 e. The van der Waals surface area contributed by atoms with Gasteiger partial charge in [-0.2, -0.15) is 0 Å². The van der Waals surface area contributed by atoms with Crippen LogP contribution >= 0.6 is 0 Å². The fourth-order valence-electron chi connectivity index (χ4n) is 2.46. The highest BCUT2D eigenvalue weighted by atomic mass is 16.2. The number of carbonyl (C=O) groups is 1. The molecule has 0 radical (unpaired) electrons. The lowest BCUT2D eigenvalue weighted by Gasteiger charge is -2.39. The van der Waals surface area contributed by atoms with E-state index >= 15 is 0 Å². The van der Waals surface area contributed by atoms with Crippen LogP contribution in [0.3, 0.4) is 0 Å². The highest BCUT2D eigenvalue weighted by molar-refractivity contribution is 5.79. The second kappa shape index (κ2) is 6.17. The predicted octanol–water partition coefficient (Wildman–Crippen LogP) is 0.857. The molecule has 1 fully saturated rings. The van der Waals surface area contributed by atoms with Gasteiger partial charge in [0, 0.05) is 25.7 Å². The van der Waals surface area contributed by atoms with Crippen molar-refractivity contribution in [2.24, 2.45) is 0 Å². The van der Waals surface area contributed by atoms with Crippen LogP contribution in [-0.4, -0.2) is 55.5 Å². The van der Waals surface area contributed by atoms with Gasteiger partial charge in [0.2, 0.25) is 5.91 Å². The van der Waals surface area contributed by atoms with Gasteiger partial charge >= 0.3 is 0 Å². The number of piperazine rings is 1. The Morgan fingerprint density at radius 2 is 2.00 bits per heavy atom. The average molecular weight is 261 g/mol. The molecule has 1 aromatic carbocycles. The molecular formula is C15H23N3O. The number of carbonyl (C=O) groups excluding carboxylic acids is 1. The van der Waals surface area contributed by atoms with E-state index in [1.54, 1.807) is 0 Å². The number of rotatable bonds is 4. The van der Waals surface area contributed by atoms with E-state index in [4.69, 9.17) is 0 Å². The predicted molar refractivity (Wildman–Crippen MR) is 76.9 cm³/mol. The van der Waals surface area contributed by atoms with Gasteiger partial charge < -0.3 is 10.2 Å². The fraction of sp³-hybridized carbons (Fsp3) is 0.533. The fourth-order valence-corrected chi connectivity index (χ4v) is 2.46. The van der Waals surface area contributed by atoms with Crippen LogP contribution in [0.15, 0.2) is 24.3 Å². The molecule has 1 atom stereocenters. The highest BCUT2D eigenvalue weighted by Gasteiger charge is 2.29. The molecule has 4 heteroatoms. The molecule has 0 aliphatic carbocycles. The van der Waals surface area contributed by atoms with Crippen molar-refractivity contribution >= 4 is 5.91 Å². The van der Waals surface area contributed by atoms with Gasteiger partial charge in [-0.05, 0) is 26.6 Å². The Kier molecular flexibility index (Phi) is 4.56. The number of nitrogens with one attached hydrogen (secondary N) is 1. The van der Waals surface area contributed by atoms with Gasteiger partial charge in [-0.25, -0.2) is 0 Å². The zero-order valence-corrected chi connectivity index (χ0v) is 12.0. The van der Waals surface area contributed by atoms with Crippen LogP contribution in [-0.2, 0) is 11.3 Å². The molecule has 1 N–H and O–H groups in total. The van der Waals surface area contributed by atoms with E-state index in [9.17, 15) is 4.79 Å². The Labute approximate surface area is 115 Å². The summed E-state index contributed by atoms with van der Waals surface area (Å²) in [6.07, 6.45) is 0. The molecule has 1 unspecified atom stereocenters. The third kappa shape index (κ3) is 3.55. The number of likely N-dealkylation sites (N-methyl/N-ethyl adjacent to an activating group) is 2. The molecule has 1 saturated heterocycles. The molecular weight excluding hydrogens is 238 g/mol. The second-order valence-corrected chi connectivity index (χ2v) is 5.39. The maximum Gasteiger partial charge on any atom is 0.237 e. The molecule has 19 heavy (non-hydrogen) atoms. The molecule has 1 aliphatic heterocycles. The number of hydrogen-bond acceptors (Lipinski definition) is 3. The maximum atomic E-state index is 12.1. The normalized spacial score (nSPS) is 20.9. The SMILES string of the molecule is CNCC1CN(Cc2ccc(C)cc2)C(=O)CN1C. The van der Waals surface area contributed by atoms with Gasteiger partial charge in [-0.3, -0.25) is 9.69 Å². The topological polar surface area (TPSA) is 35.6 Å². The zero-order chi connectivity index (χ0) is 13.8. The second-order valence-electron chi connectivity index (χ2n) is 5.39. The molecule has 0 aromatic heterocycles. The molecule has 4 nitrogen and oxygen atoms in total. The van der Waals surface area contributed by atoms with Gasteiger partial charge in [-0.1, -0.05) is 29.8 Å². The van der Waals surface area contributed by atoms with E-state index in [0.29, 0.717) is 19.1 Å². The number of benzene rings is 1. The summed E-state index contributed by atoms with van der Waals surface area (Å²) >= 11 is 0. The Bertz CT molecular complexity index is 430. The minimum atomic E-state index is 0.218. The molecule has 1 amide bonds. The Morgan fingerprint density at radius 3 is 2.63 bits per heavy atom. The van der Waals surface area contributed by atoms with Crippen molar-refractivity contribution in [2.75, 3.05) is 33.7 Å². The van der Waals surface area contributed by atoms with Gasteiger partial charge in [0.1, 0.15) is 0 Å². The number of amides is 1. The molecule has 0 saturated carbocycles. The van der Waals surface area contributed by atoms with Crippen molar-refractivity contribution < 1.29 is 4.79 Å². The summed E-state index contributed by atoms with van der Waals surface area (Å²) < 4.78 is 0. The van der Waals surface area contributed by atoms with Gasteiger partial charge in [0.05, 0.1) is 6.54 Å². The first-order chi connectivity index (χ1) is 9.10. The molecule has 1 aromatic rings. The minimum Gasteiger partial charge on any atom is -0.336 e. The zero-order valence-electron chi connectivity index (χ0n) is 12.0. The van der Waals surface area contributed by atoms with Crippen LogP contribution in [0.1, 0.15) is 11.1 Å². The summed E-state index contributed by atoms with van der Waals surface area (Å²) in [5.41, 5.74) is 2.45. The molecule has 1 aliphatic rings. The first-order valence-electron chi connectivity index (χ1n) is 6.78. The van der Waals surface area contributed by atoms with E-state index < -0.39 is 0 Å². The summed E-state index contributed by atoms with van der Waals surface area (Å²) in [4.78, 5) is 16.2. The smallest absolute Gasteiger partial charge is 0.237 e. The van der Waals surface area contributed by atoms with Gasteiger partial charge in [0.25, 0.3) is 0 Å². The minimum absolute atomic E-state index is 0.218.